The summed E-state index contributed by atoms with van der Waals surface area (Å²) in [7, 11) is -2.38. The van der Waals surface area contributed by atoms with Gasteiger partial charge in [-0.3, -0.25) is 14.0 Å². The highest BCUT2D eigenvalue weighted by molar-refractivity contribution is 7.92. The Bertz CT molecular complexity index is 1520. The Labute approximate surface area is 225 Å². The number of para-hydroxylation sites is 1. The van der Waals surface area contributed by atoms with Crippen LogP contribution in [0.5, 0.6) is 0 Å². The van der Waals surface area contributed by atoms with Crippen molar-refractivity contribution in [1.82, 2.24) is 9.88 Å². The third kappa shape index (κ3) is 5.69. The minimum absolute atomic E-state index is 0.00238. The molecule has 11 heteroatoms. The van der Waals surface area contributed by atoms with Gasteiger partial charge in [0, 0.05) is 31.8 Å². The summed E-state index contributed by atoms with van der Waals surface area (Å²) in [5, 5.41) is 0.238. The highest BCUT2D eigenvalue weighted by Crippen LogP contribution is 2.32. The number of carbonyl (C=O) groups excluding carboxylic acids is 1. The number of hydrogen-bond donors (Lipinski definition) is 0. The molecular weight excluding hydrogens is 530 g/mol. The van der Waals surface area contributed by atoms with Gasteiger partial charge in [-0.05, 0) is 55.6 Å². The Kier molecular flexibility index (Phi) is 8.39. The van der Waals surface area contributed by atoms with Gasteiger partial charge in [0.15, 0.2) is 10.9 Å². The molecule has 0 fully saturated rings. The zero-order valence-corrected chi connectivity index (χ0v) is 22.9. The van der Waals surface area contributed by atoms with Crippen molar-refractivity contribution in [3.8, 4) is 0 Å². The van der Waals surface area contributed by atoms with Gasteiger partial charge in [0.2, 0.25) is 0 Å². The Morgan fingerprint density at radius 2 is 1.61 bits per heavy atom. The molecule has 4 rings (SSSR count). The molecule has 1 amide bonds. The van der Waals surface area contributed by atoms with Crippen LogP contribution >= 0.6 is 11.3 Å². The summed E-state index contributed by atoms with van der Waals surface area (Å²) in [5.41, 5.74) is 0.754. The molecule has 200 valence electrons. The molecule has 0 N–H and O–H groups in total. The number of carbonyl (C=O) groups is 1. The first-order chi connectivity index (χ1) is 18.1. The second kappa shape index (κ2) is 11.5. The van der Waals surface area contributed by atoms with Crippen molar-refractivity contribution in [2.45, 2.75) is 18.7 Å². The van der Waals surface area contributed by atoms with Crippen LogP contribution in [-0.2, 0) is 10.0 Å². The first-order valence-corrected chi connectivity index (χ1v) is 14.3. The van der Waals surface area contributed by atoms with Gasteiger partial charge < -0.3 is 4.90 Å². The lowest BCUT2D eigenvalue weighted by Gasteiger charge is -2.25. The fourth-order valence-corrected chi connectivity index (χ4v) is 6.21. The topological polar surface area (TPSA) is 73.8 Å². The van der Waals surface area contributed by atoms with E-state index < -0.39 is 27.6 Å². The number of nitrogens with zero attached hydrogens (tertiary/aromatic N) is 4. The van der Waals surface area contributed by atoms with Gasteiger partial charge in [0.25, 0.3) is 15.9 Å². The number of likely N-dealkylation sites (N-methyl/N-ethyl adjacent to an activating group) is 1. The van der Waals surface area contributed by atoms with E-state index in [0.29, 0.717) is 16.9 Å². The van der Waals surface area contributed by atoms with Crippen LogP contribution in [0.4, 0.5) is 19.6 Å². The monoisotopic (exact) mass is 558 g/mol. The minimum atomic E-state index is -3.85. The van der Waals surface area contributed by atoms with Crippen LogP contribution in [0.25, 0.3) is 10.2 Å². The van der Waals surface area contributed by atoms with Crippen molar-refractivity contribution < 1.29 is 22.0 Å². The van der Waals surface area contributed by atoms with E-state index in [-0.39, 0.29) is 27.7 Å². The maximum Gasteiger partial charge on any atom is 0.264 e. The Hall–Kier alpha value is -3.41. The zero-order valence-electron chi connectivity index (χ0n) is 21.3. The first-order valence-electron chi connectivity index (χ1n) is 12.1. The number of benzene rings is 3. The summed E-state index contributed by atoms with van der Waals surface area (Å²) in [5.74, 6) is -1.93. The van der Waals surface area contributed by atoms with Gasteiger partial charge in [-0.25, -0.2) is 22.2 Å². The summed E-state index contributed by atoms with van der Waals surface area (Å²) in [6.45, 7) is 6.38. The van der Waals surface area contributed by atoms with Gasteiger partial charge in [-0.15, -0.1) is 0 Å². The van der Waals surface area contributed by atoms with Crippen LogP contribution < -0.4 is 9.21 Å². The molecule has 1 aromatic heterocycles. The molecule has 0 aliphatic rings. The number of fused-ring (bicyclic) bond motifs is 1. The highest BCUT2D eigenvalue weighted by Gasteiger charge is 2.25. The quantitative estimate of drug-likeness (QED) is 0.261. The Morgan fingerprint density at radius 3 is 2.24 bits per heavy atom. The predicted octanol–water partition coefficient (Wildman–Crippen LogP) is 5.39. The van der Waals surface area contributed by atoms with Crippen molar-refractivity contribution in [3.63, 3.8) is 0 Å². The van der Waals surface area contributed by atoms with E-state index in [1.54, 1.807) is 30.3 Å². The van der Waals surface area contributed by atoms with E-state index in [9.17, 15) is 22.0 Å². The second-order valence-electron chi connectivity index (χ2n) is 8.55. The van der Waals surface area contributed by atoms with Crippen LogP contribution in [0.3, 0.4) is 0 Å². The molecule has 0 spiro atoms. The molecule has 4 aromatic rings. The number of aromatic nitrogens is 1. The van der Waals surface area contributed by atoms with Crippen LogP contribution in [0, 0.1) is 11.6 Å². The molecule has 0 unspecified atom stereocenters. The van der Waals surface area contributed by atoms with E-state index in [1.807, 2.05) is 13.8 Å². The van der Waals surface area contributed by atoms with E-state index >= 15 is 0 Å². The second-order valence-corrected chi connectivity index (χ2v) is 11.5. The van der Waals surface area contributed by atoms with E-state index in [2.05, 4.69) is 9.88 Å². The maximum atomic E-state index is 14.3. The molecule has 38 heavy (non-hydrogen) atoms. The number of amides is 1. The standard InChI is InChI=1S/C27H28F2N4O3S2/c1-4-32(5-2)15-16-33(27-30-25-23(29)17-20(28)18-24(25)37-27)26(34)19-11-13-22(14-12-19)38(35,36)31(3)21-9-7-6-8-10-21/h6-14,17-18H,4-5,15-16H2,1-3H3. The van der Waals surface area contributed by atoms with Gasteiger partial charge in [0.05, 0.1) is 15.3 Å². The summed E-state index contributed by atoms with van der Waals surface area (Å²) in [6.07, 6.45) is 0. The van der Waals surface area contributed by atoms with Gasteiger partial charge in [-0.2, -0.15) is 0 Å². The van der Waals surface area contributed by atoms with Crippen molar-refractivity contribution in [1.29, 1.82) is 0 Å². The molecule has 0 saturated heterocycles. The smallest absolute Gasteiger partial charge is 0.264 e. The first kappa shape index (κ1) is 27.6. The highest BCUT2D eigenvalue weighted by atomic mass is 32.2. The van der Waals surface area contributed by atoms with Crippen molar-refractivity contribution in [2.24, 2.45) is 0 Å². The zero-order chi connectivity index (χ0) is 27.4. The molecule has 0 radical (unpaired) electrons. The number of thiazole rings is 1. The summed E-state index contributed by atoms with van der Waals surface area (Å²) < 4.78 is 55.8. The van der Waals surface area contributed by atoms with E-state index in [1.165, 1.54) is 46.6 Å². The number of rotatable bonds is 10. The molecule has 0 bridgehead atoms. The lowest BCUT2D eigenvalue weighted by atomic mass is 10.2. The Morgan fingerprint density at radius 1 is 0.947 bits per heavy atom. The third-order valence-corrected chi connectivity index (χ3v) is 9.12. The summed E-state index contributed by atoms with van der Waals surface area (Å²) in [6, 6.07) is 16.3. The van der Waals surface area contributed by atoms with Crippen molar-refractivity contribution >= 4 is 48.3 Å². The maximum absolute atomic E-state index is 14.3. The average Bonchev–Trinajstić information content (AvgIpc) is 3.35. The molecule has 0 aliphatic carbocycles. The SMILES string of the molecule is CCN(CC)CCN(C(=O)c1ccc(S(=O)(=O)N(C)c2ccccc2)cc1)c1nc2c(F)cc(F)cc2s1. The number of anilines is 2. The molecule has 0 atom stereocenters. The molecule has 7 nitrogen and oxygen atoms in total. The predicted molar refractivity (Wildman–Crippen MR) is 147 cm³/mol. The summed E-state index contributed by atoms with van der Waals surface area (Å²) in [4.78, 5) is 21.5. The van der Waals surface area contributed by atoms with E-state index in [4.69, 9.17) is 0 Å². The van der Waals surface area contributed by atoms with E-state index in [0.717, 1.165) is 30.5 Å². The van der Waals surface area contributed by atoms with Crippen molar-refractivity contribution in [2.75, 3.05) is 42.4 Å². The van der Waals surface area contributed by atoms with Gasteiger partial charge >= 0.3 is 0 Å². The third-order valence-electron chi connectivity index (χ3n) is 6.29. The van der Waals surface area contributed by atoms with Crippen LogP contribution in [0.15, 0.2) is 71.6 Å². The molecule has 1 heterocycles. The normalized spacial score (nSPS) is 11.7. The average molecular weight is 559 g/mol. The largest absolute Gasteiger partial charge is 0.302 e. The van der Waals surface area contributed by atoms with Gasteiger partial charge in [-0.1, -0.05) is 43.4 Å². The Balaban J connectivity index is 1.65. The van der Waals surface area contributed by atoms with Crippen LogP contribution in [-0.4, -0.2) is 57.4 Å². The fraction of sp³-hybridized carbons (Fsp3) is 0.259. The van der Waals surface area contributed by atoms with Crippen LogP contribution in [0.2, 0.25) is 0 Å². The molecule has 0 saturated carbocycles. The lowest BCUT2D eigenvalue weighted by molar-refractivity contribution is 0.0983. The fourth-order valence-electron chi connectivity index (χ4n) is 3.99. The number of halogens is 2. The lowest BCUT2D eigenvalue weighted by Crippen LogP contribution is -2.38. The molecule has 3 aromatic carbocycles. The summed E-state index contributed by atoms with van der Waals surface area (Å²) >= 11 is 1.03. The molecular formula is C27H28F2N4O3S2. The van der Waals surface area contributed by atoms with Gasteiger partial charge in [0.1, 0.15) is 11.3 Å². The van der Waals surface area contributed by atoms with Crippen molar-refractivity contribution in [3.05, 3.63) is 83.9 Å². The molecule has 0 aliphatic heterocycles. The van der Waals surface area contributed by atoms with Crippen LogP contribution in [0.1, 0.15) is 24.2 Å². The number of sulfonamides is 1. The minimum Gasteiger partial charge on any atom is -0.302 e. The number of hydrogen-bond acceptors (Lipinski definition) is 6.